The molecular formula is C25H34N2O6. The highest BCUT2D eigenvalue weighted by atomic mass is 16.6. The molecule has 33 heavy (non-hydrogen) atoms. The standard InChI is InChI=1S/C25H34N2O6/c1-2-24-11-6-7-16-32-23(31)19(24)18-21(29)27(14-15-28)20-22(30)26(17-9-4-3-5-10-17)13-8-12-25(18,20)33-24/h6,8,11-12,17-20,28H,2-5,7,9-10,13-16H2,1H3/t18-,19-,20?,24+,25-/m0/s1. The van der Waals surface area contributed by atoms with Gasteiger partial charge >= 0.3 is 5.97 Å². The summed E-state index contributed by atoms with van der Waals surface area (Å²) in [7, 11) is 0. The first-order chi connectivity index (χ1) is 16.0. The number of likely N-dealkylation sites (tertiary alicyclic amines) is 1. The number of hydrogen-bond acceptors (Lipinski definition) is 6. The van der Waals surface area contributed by atoms with Crippen LogP contribution in [0.15, 0.2) is 24.3 Å². The van der Waals surface area contributed by atoms with Crippen LogP contribution in [0.1, 0.15) is 51.9 Å². The van der Waals surface area contributed by atoms with E-state index in [0.29, 0.717) is 19.4 Å². The van der Waals surface area contributed by atoms with Gasteiger partial charge in [0.2, 0.25) is 11.8 Å². The van der Waals surface area contributed by atoms with Crippen molar-refractivity contribution in [2.24, 2.45) is 11.8 Å². The molecule has 5 atom stereocenters. The van der Waals surface area contributed by atoms with E-state index in [1.165, 1.54) is 11.3 Å². The SMILES string of the molecule is CC[C@@]12C=CCCOC(=O)[C@@H]1[C@H]1C(=O)N(CCO)C3C(=O)N(C4CCCCC4)CC=C[C@@]31O2. The van der Waals surface area contributed by atoms with E-state index < -0.39 is 35.0 Å². The quantitative estimate of drug-likeness (QED) is 0.508. The fourth-order valence-corrected chi connectivity index (χ4v) is 6.81. The van der Waals surface area contributed by atoms with E-state index in [4.69, 9.17) is 9.47 Å². The third kappa shape index (κ3) is 3.28. The van der Waals surface area contributed by atoms with Gasteiger partial charge in [-0.2, -0.15) is 0 Å². The van der Waals surface area contributed by atoms with Gasteiger partial charge in [0.15, 0.2) is 0 Å². The first-order valence-electron chi connectivity index (χ1n) is 12.4. The third-order valence-corrected chi connectivity index (χ3v) is 8.29. The highest BCUT2D eigenvalue weighted by Gasteiger charge is 2.75. The van der Waals surface area contributed by atoms with Crippen molar-refractivity contribution in [1.29, 1.82) is 0 Å². The van der Waals surface area contributed by atoms with Crippen molar-refractivity contribution in [3.63, 3.8) is 0 Å². The normalized spacial score (nSPS) is 39.0. The van der Waals surface area contributed by atoms with Crippen LogP contribution in [-0.4, -0.2) is 82.3 Å². The minimum atomic E-state index is -1.26. The number of fused-ring (bicyclic) bond motifs is 2. The van der Waals surface area contributed by atoms with Crippen LogP contribution in [0.3, 0.4) is 0 Å². The number of aliphatic hydroxyl groups excluding tert-OH is 1. The van der Waals surface area contributed by atoms with E-state index in [1.807, 2.05) is 36.1 Å². The average Bonchev–Trinajstić information content (AvgIpc) is 3.15. The Morgan fingerprint density at radius 1 is 1.06 bits per heavy atom. The molecule has 1 saturated carbocycles. The zero-order valence-corrected chi connectivity index (χ0v) is 19.3. The molecule has 8 nitrogen and oxygen atoms in total. The molecule has 0 aromatic rings. The monoisotopic (exact) mass is 458 g/mol. The van der Waals surface area contributed by atoms with Crippen LogP contribution < -0.4 is 0 Å². The molecule has 1 N–H and O–H groups in total. The molecule has 0 bridgehead atoms. The van der Waals surface area contributed by atoms with Crippen LogP contribution in [0.5, 0.6) is 0 Å². The first-order valence-corrected chi connectivity index (χ1v) is 12.4. The number of cyclic esters (lactones) is 1. The van der Waals surface area contributed by atoms with Crippen LogP contribution in [-0.2, 0) is 23.9 Å². The second-order valence-corrected chi connectivity index (χ2v) is 9.92. The summed E-state index contributed by atoms with van der Waals surface area (Å²) in [6.45, 7) is 2.42. The van der Waals surface area contributed by atoms with Crippen molar-refractivity contribution < 1.29 is 29.0 Å². The van der Waals surface area contributed by atoms with Crippen LogP contribution in [0.4, 0.5) is 0 Å². The Hall–Kier alpha value is -2.19. The Balaban J connectivity index is 1.62. The molecule has 1 spiro atoms. The number of aliphatic hydroxyl groups is 1. The Morgan fingerprint density at radius 3 is 2.58 bits per heavy atom. The van der Waals surface area contributed by atoms with E-state index in [9.17, 15) is 19.5 Å². The number of ether oxygens (including phenoxy) is 2. The fourth-order valence-electron chi connectivity index (χ4n) is 6.81. The minimum absolute atomic E-state index is 0.0277. The topological polar surface area (TPSA) is 96.4 Å². The van der Waals surface area contributed by atoms with Gasteiger partial charge in [-0.25, -0.2) is 0 Å². The van der Waals surface area contributed by atoms with Crippen molar-refractivity contribution in [3.05, 3.63) is 24.3 Å². The summed E-state index contributed by atoms with van der Waals surface area (Å²) in [5.74, 6) is -2.61. The van der Waals surface area contributed by atoms with Crippen LogP contribution in [0.25, 0.3) is 0 Å². The second-order valence-electron chi connectivity index (χ2n) is 9.92. The molecule has 4 aliphatic heterocycles. The summed E-state index contributed by atoms with van der Waals surface area (Å²) in [5, 5.41) is 9.75. The maximum absolute atomic E-state index is 14.1. The Bertz CT molecular complexity index is 880. The first kappa shape index (κ1) is 22.6. The molecule has 1 aliphatic carbocycles. The van der Waals surface area contributed by atoms with E-state index in [1.54, 1.807) is 0 Å². The third-order valence-electron chi connectivity index (χ3n) is 8.29. The summed E-state index contributed by atoms with van der Waals surface area (Å²) in [6, 6.07) is -0.767. The lowest BCUT2D eigenvalue weighted by Gasteiger charge is -2.40. The molecule has 8 heteroatoms. The largest absolute Gasteiger partial charge is 0.465 e. The molecule has 2 saturated heterocycles. The molecule has 5 rings (SSSR count). The lowest BCUT2D eigenvalue weighted by molar-refractivity contribution is -0.162. The number of carbonyl (C=O) groups is 3. The van der Waals surface area contributed by atoms with E-state index in [-0.39, 0.29) is 37.6 Å². The van der Waals surface area contributed by atoms with Gasteiger partial charge in [-0.3, -0.25) is 14.4 Å². The second kappa shape index (κ2) is 8.55. The van der Waals surface area contributed by atoms with Crippen LogP contribution in [0, 0.1) is 11.8 Å². The zero-order valence-electron chi connectivity index (χ0n) is 19.3. The fraction of sp³-hybridized carbons (Fsp3) is 0.720. The number of β-amino-alcohol motifs (C(OH)–C–C–N with tert-alkyl or cyclic N) is 1. The number of carbonyl (C=O) groups excluding carboxylic acids is 3. The maximum atomic E-state index is 14.1. The van der Waals surface area contributed by atoms with Gasteiger partial charge in [-0.05, 0) is 25.7 Å². The zero-order chi connectivity index (χ0) is 23.2. The summed E-state index contributed by atoms with van der Waals surface area (Å²) < 4.78 is 12.3. The minimum Gasteiger partial charge on any atom is -0.465 e. The van der Waals surface area contributed by atoms with Crippen LogP contribution in [0.2, 0.25) is 0 Å². The highest BCUT2D eigenvalue weighted by Crippen LogP contribution is 2.58. The molecule has 1 unspecified atom stereocenters. The van der Waals surface area contributed by atoms with Gasteiger partial charge in [0.1, 0.15) is 23.2 Å². The number of esters is 1. The molecule has 3 fully saturated rings. The molecular weight excluding hydrogens is 424 g/mol. The number of amides is 2. The van der Waals surface area contributed by atoms with Gasteiger partial charge in [-0.1, -0.05) is 50.5 Å². The maximum Gasteiger partial charge on any atom is 0.313 e. The van der Waals surface area contributed by atoms with Gasteiger partial charge in [0.25, 0.3) is 0 Å². The van der Waals surface area contributed by atoms with E-state index in [0.717, 1.165) is 25.7 Å². The molecule has 4 heterocycles. The predicted octanol–water partition coefficient (Wildman–Crippen LogP) is 1.57. The van der Waals surface area contributed by atoms with Crippen molar-refractivity contribution in [1.82, 2.24) is 9.80 Å². The smallest absolute Gasteiger partial charge is 0.313 e. The summed E-state index contributed by atoms with van der Waals surface area (Å²) >= 11 is 0. The van der Waals surface area contributed by atoms with E-state index >= 15 is 0 Å². The van der Waals surface area contributed by atoms with Crippen molar-refractivity contribution in [3.8, 4) is 0 Å². The van der Waals surface area contributed by atoms with Crippen LogP contribution >= 0.6 is 0 Å². The van der Waals surface area contributed by atoms with Crippen molar-refractivity contribution in [2.75, 3.05) is 26.3 Å². The highest BCUT2D eigenvalue weighted by molar-refractivity contribution is 5.99. The predicted molar refractivity (Wildman–Crippen MR) is 119 cm³/mol. The van der Waals surface area contributed by atoms with E-state index in [2.05, 4.69) is 0 Å². The molecule has 5 aliphatic rings. The summed E-state index contributed by atoms with van der Waals surface area (Å²) in [6.07, 6.45) is 14.0. The average molecular weight is 459 g/mol. The lowest BCUT2D eigenvalue weighted by atomic mass is 9.73. The Kier molecular flexibility index (Phi) is 5.85. The molecule has 2 amide bonds. The number of rotatable bonds is 4. The van der Waals surface area contributed by atoms with Crippen molar-refractivity contribution in [2.45, 2.75) is 75.2 Å². The Labute approximate surface area is 194 Å². The number of nitrogens with zero attached hydrogens (tertiary/aromatic N) is 2. The van der Waals surface area contributed by atoms with Gasteiger partial charge in [0, 0.05) is 19.1 Å². The lowest BCUT2D eigenvalue weighted by Crippen LogP contribution is -2.58. The summed E-state index contributed by atoms with van der Waals surface area (Å²) in [5.41, 5.74) is -2.27. The summed E-state index contributed by atoms with van der Waals surface area (Å²) in [4.78, 5) is 44.5. The van der Waals surface area contributed by atoms with Gasteiger partial charge in [0.05, 0.1) is 19.1 Å². The van der Waals surface area contributed by atoms with Gasteiger partial charge < -0.3 is 24.4 Å². The number of hydrogen-bond donors (Lipinski definition) is 1. The molecule has 0 aromatic heterocycles. The van der Waals surface area contributed by atoms with Crippen molar-refractivity contribution >= 4 is 17.8 Å². The molecule has 180 valence electrons. The molecule has 0 radical (unpaired) electrons. The molecule has 0 aromatic carbocycles. The Morgan fingerprint density at radius 2 is 1.85 bits per heavy atom. The van der Waals surface area contributed by atoms with Gasteiger partial charge in [-0.15, -0.1) is 0 Å².